The molecule has 0 amide bonds. The molecule has 102 valence electrons. The van der Waals surface area contributed by atoms with Crippen LogP contribution in [0.2, 0.25) is 0 Å². The first-order chi connectivity index (χ1) is 10.4. The van der Waals surface area contributed by atoms with Gasteiger partial charge in [-0.2, -0.15) is 12.4 Å². The van der Waals surface area contributed by atoms with E-state index in [1.807, 2.05) is 54.8 Å². The maximum absolute atomic E-state index is 4.70. The Kier molecular flexibility index (Phi) is 7.03. The molecule has 22 heavy (non-hydrogen) atoms. The summed E-state index contributed by atoms with van der Waals surface area (Å²) in [5.74, 6) is 0. The van der Waals surface area contributed by atoms with Crippen molar-refractivity contribution in [2.45, 2.75) is 0 Å². The number of aliphatic imine (C=N–C) groups is 1. The van der Waals surface area contributed by atoms with Crippen LogP contribution in [0.4, 0.5) is 0 Å². The summed E-state index contributed by atoms with van der Waals surface area (Å²) in [6.07, 6.45) is 9.29. The molecule has 0 N–H and O–H groups in total. The fraction of sp³-hybridized carbons (Fsp3) is 0. The molecule has 0 atom stereocenters. The van der Waals surface area contributed by atoms with Gasteiger partial charge in [-0.05, 0) is 5.57 Å². The van der Waals surface area contributed by atoms with Crippen molar-refractivity contribution in [3.05, 3.63) is 113 Å². The summed E-state index contributed by atoms with van der Waals surface area (Å²) in [5.41, 5.74) is 4.21. The Labute approximate surface area is 173 Å². The molecular formula is C19H15KN2. The first-order valence-electron chi connectivity index (χ1n) is 6.85. The van der Waals surface area contributed by atoms with E-state index < -0.39 is 0 Å². The van der Waals surface area contributed by atoms with E-state index in [0.29, 0.717) is 0 Å². The predicted octanol–water partition coefficient (Wildman–Crippen LogP) is 1.83. The van der Waals surface area contributed by atoms with Gasteiger partial charge in [-0.1, -0.05) is 72.8 Å². The van der Waals surface area contributed by atoms with Crippen molar-refractivity contribution in [2.24, 2.45) is 4.99 Å². The molecular weight excluding hydrogens is 295 g/mol. The number of hydrogen-bond acceptors (Lipinski definition) is 1. The van der Waals surface area contributed by atoms with Crippen LogP contribution in [-0.4, -0.2) is 5.71 Å². The molecule has 3 heteroatoms. The molecule has 0 radical (unpaired) electrons. The number of rotatable bonds is 3. The molecule has 1 heterocycles. The molecule has 0 spiro atoms. The molecule has 0 unspecified atom stereocenters. The Morgan fingerprint density at radius 3 is 1.77 bits per heavy atom. The van der Waals surface area contributed by atoms with Gasteiger partial charge in [-0.15, -0.1) is 0 Å². The monoisotopic (exact) mass is 310 g/mol. The fourth-order valence-electron chi connectivity index (χ4n) is 2.10. The quantitative estimate of drug-likeness (QED) is 0.611. The molecule has 0 saturated heterocycles. The van der Waals surface area contributed by atoms with Gasteiger partial charge in [0.1, 0.15) is 0 Å². The zero-order chi connectivity index (χ0) is 14.3. The maximum Gasteiger partial charge on any atom is 1.00 e. The Hall–Kier alpha value is -1.23. The minimum Gasteiger partial charge on any atom is -0.670 e. The van der Waals surface area contributed by atoms with Crippen molar-refractivity contribution in [3.63, 3.8) is 0 Å². The second-order valence-electron chi connectivity index (χ2n) is 4.62. The third kappa shape index (κ3) is 4.63. The average molecular weight is 310 g/mol. The summed E-state index contributed by atoms with van der Waals surface area (Å²) in [5, 5.41) is 4.02. The van der Waals surface area contributed by atoms with E-state index >= 15 is 0 Å². The molecule has 2 aromatic carbocycles. The molecule has 1 aliphatic rings. The van der Waals surface area contributed by atoms with Gasteiger partial charge in [0.05, 0.1) is 5.71 Å². The topological polar surface area (TPSA) is 26.5 Å². The smallest absolute Gasteiger partial charge is 0.670 e. The van der Waals surface area contributed by atoms with Gasteiger partial charge in [-0.25, -0.2) is 0 Å². The average Bonchev–Trinajstić information content (AvgIpc) is 2.58. The first kappa shape index (κ1) is 17.1. The number of nitrogens with zero attached hydrogens (tertiary/aromatic N) is 2. The zero-order valence-corrected chi connectivity index (χ0v) is 15.7. The molecule has 0 saturated carbocycles. The van der Waals surface area contributed by atoms with E-state index in [1.54, 1.807) is 12.4 Å². The van der Waals surface area contributed by atoms with Crippen molar-refractivity contribution in [2.75, 3.05) is 0 Å². The predicted molar refractivity (Wildman–Crippen MR) is 88.2 cm³/mol. The third-order valence-electron chi connectivity index (χ3n) is 3.14. The summed E-state index contributed by atoms with van der Waals surface area (Å²) in [4.78, 5) is 4.70. The number of benzene rings is 2. The minimum absolute atomic E-state index is 0. The number of allylic oxidation sites excluding steroid dienone is 3. The molecule has 2 nitrogen and oxygen atoms in total. The van der Waals surface area contributed by atoms with Crippen LogP contribution in [0.3, 0.4) is 0 Å². The summed E-state index contributed by atoms with van der Waals surface area (Å²) in [6.45, 7) is 0. The second kappa shape index (κ2) is 9.03. The molecule has 0 aliphatic carbocycles. The summed E-state index contributed by atoms with van der Waals surface area (Å²) in [7, 11) is 0. The normalized spacial score (nSPS) is 12.1. The van der Waals surface area contributed by atoms with E-state index in [9.17, 15) is 0 Å². The van der Waals surface area contributed by atoms with Crippen molar-refractivity contribution in [1.29, 1.82) is 0 Å². The van der Waals surface area contributed by atoms with Gasteiger partial charge in [0.25, 0.3) is 0 Å². The van der Waals surface area contributed by atoms with Gasteiger partial charge in [0.2, 0.25) is 0 Å². The Morgan fingerprint density at radius 2 is 1.27 bits per heavy atom. The van der Waals surface area contributed by atoms with Gasteiger partial charge in [-0.3, -0.25) is 4.99 Å². The van der Waals surface area contributed by atoms with E-state index in [0.717, 1.165) is 22.4 Å². The fourth-order valence-corrected chi connectivity index (χ4v) is 2.10. The minimum atomic E-state index is 0. The van der Waals surface area contributed by atoms with Crippen molar-refractivity contribution >= 4 is 5.71 Å². The van der Waals surface area contributed by atoms with Crippen LogP contribution in [0.5, 0.6) is 0 Å². The standard InChI is InChI=1S/C19H15N2.K/c1-3-7-17(8-4-1)19(18-9-5-2-6-10-18)21-15-16-11-13-20-14-12-16;/h1-15H;/q-1;+1. The summed E-state index contributed by atoms with van der Waals surface area (Å²) >= 11 is 0. The summed E-state index contributed by atoms with van der Waals surface area (Å²) in [6, 6.07) is 20.4. The first-order valence-corrected chi connectivity index (χ1v) is 6.85. The largest absolute Gasteiger partial charge is 1.00 e. The Morgan fingerprint density at radius 1 is 0.773 bits per heavy atom. The molecule has 0 bridgehead atoms. The second-order valence-corrected chi connectivity index (χ2v) is 4.62. The van der Waals surface area contributed by atoms with E-state index in [-0.39, 0.29) is 51.4 Å². The van der Waals surface area contributed by atoms with Crippen LogP contribution in [0.25, 0.3) is 5.32 Å². The maximum atomic E-state index is 4.70. The SMILES string of the molecule is C1=CC(=CN=C(c2ccccc2)c2ccccc2)C=C[N-]1.[K+]. The van der Waals surface area contributed by atoms with E-state index in [2.05, 4.69) is 29.6 Å². The molecule has 0 fully saturated rings. The summed E-state index contributed by atoms with van der Waals surface area (Å²) < 4.78 is 0. The molecule has 3 rings (SSSR count). The van der Waals surface area contributed by atoms with Crippen LogP contribution >= 0.6 is 0 Å². The van der Waals surface area contributed by atoms with Crippen molar-refractivity contribution in [3.8, 4) is 0 Å². The van der Waals surface area contributed by atoms with Gasteiger partial charge in [0, 0.05) is 17.3 Å². The van der Waals surface area contributed by atoms with E-state index in [1.165, 1.54) is 0 Å². The van der Waals surface area contributed by atoms with Crippen molar-refractivity contribution in [1.82, 2.24) is 0 Å². The van der Waals surface area contributed by atoms with Gasteiger partial charge in [0.15, 0.2) is 0 Å². The van der Waals surface area contributed by atoms with Crippen LogP contribution < -0.4 is 51.4 Å². The number of hydrogen-bond donors (Lipinski definition) is 0. The Balaban J connectivity index is 0.00000176. The van der Waals surface area contributed by atoms with E-state index in [4.69, 9.17) is 4.99 Å². The van der Waals surface area contributed by atoms with Crippen LogP contribution in [0, 0.1) is 0 Å². The van der Waals surface area contributed by atoms with Crippen LogP contribution in [-0.2, 0) is 0 Å². The zero-order valence-electron chi connectivity index (χ0n) is 12.6. The van der Waals surface area contributed by atoms with Crippen molar-refractivity contribution < 1.29 is 51.4 Å². The van der Waals surface area contributed by atoms with Crippen LogP contribution in [0.1, 0.15) is 11.1 Å². The molecule has 1 aliphatic heterocycles. The molecule has 0 aromatic heterocycles. The van der Waals surface area contributed by atoms with Gasteiger partial charge >= 0.3 is 51.4 Å². The molecule has 2 aromatic rings. The third-order valence-corrected chi connectivity index (χ3v) is 3.14. The van der Waals surface area contributed by atoms with Gasteiger partial charge < -0.3 is 5.32 Å². The Bertz CT molecular complexity index is 658. The van der Waals surface area contributed by atoms with Crippen LogP contribution in [0.15, 0.2) is 102 Å².